The lowest BCUT2D eigenvalue weighted by molar-refractivity contribution is -0.141. The van der Waals surface area contributed by atoms with Crippen molar-refractivity contribution in [3.8, 4) is 5.75 Å². The summed E-state index contributed by atoms with van der Waals surface area (Å²) in [5, 5.41) is 13.7. The summed E-state index contributed by atoms with van der Waals surface area (Å²) in [4.78, 5) is 11.7. The second-order valence-corrected chi connectivity index (χ2v) is 8.40. The fraction of sp³-hybridized carbons (Fsp3) is 0.350. The minimum atomic E-state index is -3.37. The Morgan fingerprint density at radius 2 is 1.96 bits per heavy atom. The van der Waals surface area contributed by atoms with Crippen LogP contribution in [-0.2, 0) is 14.1 Å². The van der Waals surface area contributed by atoms with Crippen molar-refractivity contribution in [3.63, 3.8) is 0 Å². The summed E-state index contributed by atoms with van der Waals surface area (Å²) < 4.78 is 24.2. The first kappa shape index (κ1) is 21.2. The highest BCUT2D eigenvalue weighted by Gasteiger charge is 2.25. The quantitative estimate of drug-likeness (QED) is 0.363. The van der Waals surface area contributed by atoms with E-state index < -0.39 is 13.5 Å². The summed E-state index contributed by atoms with van der Waals surface area (Å²) in [6.07, 6.45) is 2.45. The van der Waals surface area contributed by atoms with E-state index in [0.717, 1.165) is 16.3 Å². The van der Waals surface area contributed by atoms with Crippen molar-refractivity contribution in [3.05, 3.63) is 54.1 Å². The van der Waals surface area contributed by atoms with E-state index in [2.05, 4.69) is 5.09 Å². The van der Waals surface area contributed by atoms with Gasteiger partial charge in [0.25, 0.3) is 0 Å². The van der Waals surface area contributed by atoms with Crippen LogP contribution in [0, 0.1) is 0 Å². The average molecular weight is 391 g/mol. The number of rotatable bonds is 10. The molecule has 146 valence electrons. The number of fused-ring (bicyclic) bond motifs is 1. The second kappa shape index (κ2) is 10.3. The topological polar surface area (TPSA) is 84.9 Å². The van der Waals surface area contributed by atoms with E-state index in [1.165, 1.54) is 0 Å². The van der Waals surface area contributed by atoms with E-state index in [0.29, 0.717) is 12.2 Å². The molecule has 0 radical (unpaired) electrons. The normalized spacial score (nSPS) is 14.0. The molecule has 0 fully saturated rings. The highest BCUT2D eigenvalue weighted by atomic mass is 31.2. The van der Waals surface area contributed by atoms with Gasteiger partial charge in [0.1, 0.15) is 12.3 Å². The van der Waals surface area contributed by atoms with Gasteiger partial charge >= 0.3 is 13.5 Å². The number of allylic oxidation sites excluding steroid dienone is 1. The van der Waals surface area contributed by atoms with Gasteiger partial charge in [-0.15, -0.1) is 0 Å². The Morgan fingerprint density at radius 1 is 1.22 bits per heavy atom. The van der Waals surface area contributed by atoms with Gasteiger partial charge in [-0.3, -0.25) is 9.36 Å². The van der Waals surface area contributed by atoms with E-state index in [-0.39, 0.29) is 25.9 Å². The average Bonchev–Trinajstić information content (AvgIpc) is 2.67. The summed E-state index contributed by atoms with van der Waals surface area (Å²) in [5.74, 6) is 0.0111. The third-order valence-electron chi connectivity index (χ3n) is 3.93. The number of carbonyl (C=O) groups excluding carboxylic acids is 1. The fourth-order valence-corrected chi connectivity index (χ4v) is 4.16. The van der Waals surface area contributed by atoms with Crippen LogP contribution in [0.3, 0.4) is 0 Å². The minimum absolute atomic E-state index is 0.0509. The molecular weight excluding hydrogens is 365 g/mol. The molecule has 0 heterocycles. The molecule has 0 aliphatic heterocycles. The molecular formula is C20H26NO5P. The van der Waals surface area contributed by atoms with Gasteiger partial charge in [0, 0.05) is 5.39 Å². The number of carbonyl (C=O) groups is 1. The maximum Gasteiger partial charge on any atom is 0.320 e. The van der Waals surface area contributed by atoms with Crippen molar-refractivity contribution in [2.45, 2.75) is 20.3 Å². The minimum Gasteiger partial charge on any atom is -0.465 e. The third-order valence-corrected chi connectivity index (χ3v) is 5.91. The largest absolute Gasteiger partial charge is 0.465 e. The predicted molar refractivity (Wildman–Crippen MR) is 107 cm³/mol. The molecule has 2 rings (SSSR count). The molecule has 1 atom stereocenters. The summed E-state index contributed by atoms with van der Waals surface area (Å²) in [5.41, 5.74) is 0.789. The molecule has 7 heteroatoms. The van der Waals surface area contributed by atoms with Gasteiger partial charge in [-0.05, 0) is 31.7 Å². The van der Waals surface area contributed by atoms with Crippen LogP contribution in [0.4, 0.5) is 0 Å². The Morgan fingerprint density at radius 3 is 2.70 bits per heavy atom. The van der Waals surface area contributed by atoms with Crippen molar-refractivity contribution in [1.29, 1.82) is 0 Å². The maximum atomic E-state index is 13.4. The number of aliphatic hydroxyl groups excluding tert-OH is 1. The SMILES string of the molecule is CCOC(=O)CNP(=O)(CC/C=C(\C)CO)Oc1cccc2ccccc12. The first-order chi connectivity index (χ1) is 13.0. The zero-order valence-corrected chi connectivity index (χ0v) is 16.6. The summed E-state index contributed by atoms with van der Waals surface area (Å²) >= 11 is 0. The van der Waals surface area contributed by atoms with Crippen molar-refractivity contribution < 1.29 is 23.7 Å². The first-order valence-electron chi connectivity index (χ1n) is 8.91. The van der Waals surface area contributed by atoms with Gasteiger partial charge in [0.2, 0.25) is 0 Å². The van der Waals surface area contributed by atoms with Gasteiger partial charge in [-0.1, -0.05) is 48.0 Å². The van der Waals surface area contributed by atoms with Crippen LogP contribution in [-0.4, -0.2) is 37.0 Å². The lowest BCUT2D eigenvalue weighted by atomic mass is 10.1. The molecule has 0 spiro atoms. The number of hydrogen-bond acceptors (Lipinski definition) is 5. The molecule has 0 aromatic heterocycles. The number of nitrogens with one attached hydrogen (secondary N) is 1. The van der Waals surface area contributed by atoms with Crippen LogP contribution < -0.4 is 9.61 Å². The molecule has 1 unspecified atom stereocenters. The van der Waals surface area contributed by atoms with Crippen LogP contribution in [0.1, 0.15) is 20.3 Å². The lowest BCUT2D eigenvalue weighted by Crippen LogP contribution is -2.25. The summed E-state index contributed by atoms with van der Waals surface area (Å²) in [7, 11) is -3.37. The zero-order valence-electron chi connectivity index (χ0n) is 15.7. The first-order valence-corrected chi connectivity index (χ1v) is 10.7. The van der Waals surface area contributed by atoms with Gasteiger partial charge in [0.05, 0.1) is 19.4 Å². The monoisotopic (exact) mass is 391 g/mol. The lowest BCUT2D eigenvalue weighted by Gasteiger charge is -2.21. The van der Waals surface area contributed by atoms with Crippen LogP contribution in [0.5, 0.6) is 5.75 Å². The number of aliphatic hydroxyl groups is 1. The fourth-order valence-electron chi connectivity index (χ4n) is 2.53. The highest BCUT2D eigenvalue weighted by Crippen LogP contribution is 2.45. The Balaban J connectivity index is 2.22. The molecule has 27 heavy (non-hydrogen) atoms. The predicted octanol–water partition coefficient (Wildman–Crippen LogP) is 3.89. The molecule has 2 aromatic carbocycles. The number of benzene rings is 2. The molecule has 2 N–H and O–H groups in total. The third kappa shape index (κ3) is 6.51. The van der Waals surface area contributed by atoms with E-state index in [4.69, 9.17) is 14.4 Å². The molecule has 2 aromatic rings. The van der Waals surface area contributed by atoms with Crippen molar-refractivity contribution in [1.82, 2.24) is 5.09 Å². The number of esters is 1. The van der Waals surface area contributed by atoms with Gasteiger partial charge in [-0.2, -0.15) is 0 Å². The van der Waals surface area contributed by atoms with Gasteiger partial charge < -0.3 is 14.4 Å². The van der Waals surface area contributed by atoms with Crippen molar-refractivity contribution in [2.24, 2.45) is 0 Å². The smallest absolute Gasteiger partial charge is 0.320 e. The Kier molecular flexibility index (Phi) is 8.04. The van der Waals surface area contributed by atoms with Crippen molar-refractivity contribution >= 4 is 24.3 Å². The molecule has 0 amide bonds. The molecule has 0 saturated heterocycles. The number of hydrogen-bond donors (Lipinski definition) is 2. The van der Waals surface area contributed by atoms with E-state index in [9.17, 15) is 9.36 Å². The molecule has 0 saturated carbocycles. The molecule has 0 aliphatic rings. The van der Waals surface area contributed by atoms with Crippen LogP contribution in [0.2, 0.25) is 0 Å². The maximum absolute atomic E-state index is 13.4. The Hall–Kier alpha value is -2.14. The second-order valence-electron chi connectivity index (χ2n) is 6.10. The summed E-state index contributed by atoms with van der Waals surface area (Å²) in [6, 6.07) is 13.2. The molecule has 0 bridgehead atoms. The van der Waals surface area contributed by atoms with Gasteiger partial charge in [0.15, 0.2) is 0 Å². The van der Waals surface area contributed by atoms with Crippen LogP contribution >= 0.6 is 7.52 Å². The standard InChI is InChI=1S/C20H26NO5P/c1-3-25-20(23)14-21-27(24,13-7-8-16(2)15-22)26-19-12-6-10-17-9-4-5-11-18(17)19/h4-6,8-12,22H,3,7,13-15H2,1-2H3,(H,21,24)/b16-8+. The van der Waals surface area contributed by atoms with E-state index >= 15 is 0 Å². The van der Waals surface area contributed by atoms with Crippen LogP contribution in [0.25, 0.3) is 10.8 Å². The van der Waals surface area contributed by atoms with Crippen LogP contribution in [0.15, 0.2) is 54.1 Å². The molecule has 0 aliphatic carbocycles. The summed E-state index contributed by atoms with van der Waals surface area (Å²) in [6.45, 7) is 3.52. The number of ether oxygens (including phenoxy) is 1. The Bertz CT molecular complexity index is 844. The Labute approximate surface area is 159 Å². The molecule has 6 nitrogen and oxygen atoms in total. The van der Waals surface area contributed by atoms with Crippen molar-refractivity contribution in [2.75, 3.05) is 25.9 Å². The van der Waals surface area contributed by atoms with Gasteiger partial charge in [-0.25, -0.2) is 5.09 Å². The highest BCUT2D eigenvalue weighted by molar-refractivity contribution is 7.57. The zero-order chi connectivity index (χ0) is 19.7. The van der Waals surface area contributed by atoms with E-state index in [1.807, 2.05) is 42.5 Å². The van der Waals surface area contributed by atoms with E-state index in [1.54, 1.807) is 19.9 Å².